The van der Waals surface area contributed by atoms with Gasteiger partial charge in [-0.1, -0.05) is 53.9 Å². The van der Waals surface area contributed by atoms with Crippen LogP contribution in [0.2, 0.25) is 0 Å². The van der Waals surface area contributed by atoms with Crippen LogP contribution in [0.4, 0.5) is 0 Å². The molecule has 1 heterocycles. The molecule has 2 aromatic rings. The number of rotatable bonds is 8. The summed E-state index contributed by atoms with van der Waals surface area (Å²) in [4.78, 5) is 2.61. The topological polar surface area (TPSA) is 43.7 Å². The second kappa shape index (κ2) is 9.20. The first-order valence-corrected chi connectivity index (χ1v) is 11.6. The van der Waals surface area contributed by atoms with Crippen LogP contribution in [0, 0.1) is 0 Å². The van der Waals surface area contributed by atoms with Crippen molar-refractivity contribution in [1.82, 2.24) is 4.90 Å². The lowest BCUT2D eigenvalue weighted by molar-refractivity contribution is 0.139. The molecule has 3 aliphatic rings. The van der Waals surface area contributed by atoms with Crippen molar-refractivity contribution in [3.05, 3.63) is 106 Å². The normalized spacial score (nSPS) is 19.0. The van der Waals surface area contributed by atoms with Gasteiger partial charge in [-0.25, -0.2) is 0 Å². The van der Waals surface area contributed by atoms with Gasteiger partial charge < -0.3 is 10.2 Å². The lowest BCUT2D eigenvalue weighted by Gasteiger charge is -2.40. The van der Waals surface area contributed by atoms with Gasteiger partial charge in [0.15, 0.2) is 0 Å². The molecular formula is C29H29NO2. The minimum Gasteiger partial charge on any atom is -0.508 e. The summed E-state index contributed by atoms with van der Waals surface area (Å²) in [6.45, 7) is 2.50. The van der Waals surface area contributed by atoms with Crippen LogP contribution in [0.15, 0.2) is 89.4 Å². The fourth-order valence-corrected chi connectivity index (χ4v) is 4.71. The van der Waals surface area contributed by atoms with E-state index in [4.69, 9.17) is 0 Å². The zero-order chi connectivity index (χ0) is 21.9. The van der Waals surface area contributed by atoms with Crippen LogP contribution in [0.5, 0.6) is 5.75 Å². The fourth-order valence-electron chi connectivity index (χ4n) is 4.71. The third kappa shape index (κ3) is 4.43. The average Bonchev–Trinajstić information content (AvgIpc) is 3.63. The third-order valence-electron chi connectivity index (χ3n) is 6.66. The number of aliphatic hydroxyl groups is 1. The molecule has 162 valence electrons. The van der Waals surface area contributed by atoms with Crippen molar-refractivity contribution in [1.29, 1.82) is 0 Å². The number of phenols is 1. The van der Waals surface area contributed by atoms with E-state index in [2.05, 4.69) is 46.7 Å². The Morgan fingerprint density at radius 3 is 2.25 bits per heavy atom. The van der Waals surface area contributed by atoms with Crippen molar-refractivity contribution in [3.63, 3.8) is 0 Å². The molecule has 0 atom stereocenters. The Morgan fingerprint density at radius 2 is 1.66 bits per heavy atom. The number of hydrogen-bond acceptors (Lipinski definition) is 3. The Labute approximate surface area is 190 Å². The summed E-state index contributed by atoms with van der Waals surface area (Å²) < 4.78 is 0. The van der Waals surface area contributed by atoms with Gasteiger partial charge in [0.1, 0.15) is 5.75 Å². The van der Waals surface area contributed by atoms with Gasteiger partial charge in [-0.05, 0) is 77.8 Å². The standard InChI is InChI=1S/C29H29NO2/c31-18-4-7-28(22-5-2-1-3-6-22)29(24-12-16-27(32)17-13-24)23-10-8-21(9-11-23)25-19-30(20-25)26-14-15-26/h1-2,5,8-13,16-17,25-26,31-32H,4,7,14-15,18-20H2/b29-28+. The molecular weight excluding hydrogens is 394 g/mol. The summed E-state index contributed by atoms with van der Waals surface area (Å²) >= 11 is 0. The molecule has 2 fully saturated rings. The number of likely N-dealkylation sites (tertiary alicyclic amines) is 1. The summed E-state index contributed by atoms with van der Waals surface area (Å²) in [5.74, 6) is 0.891. The first-order chi connectivity index (χ1) is 15.7. The number of aliphatic hydroxyl groups excluding tert-OH is 1. The summed E-state index contributed by atoms with van der Waals surface area (Å²) in [6.07, 6.45) is 10.0. The molecule has 0 amide bonds. The molecule has 1 saturated heterocycles. The Morgan fingerprint density at radius 1 is 0.969 bits per heavy atom. The van der Waals surface area contributed by atoms with Gasteiger partial charge in [0.05, 0.1) is 0 Å². The minimum absolute atomic E-state index is 0.140. The van der Waals surface area contributed by atoms with E-state index in [1.54, 1.807) is 12.1 Å². The van der Waals surface area contributed by atoms with Crippen LogP contribution in [0.3, 0.4) is 0 Å². The van der Waals surface area contributed by atoms with Gasteiger partial charge in [0.25, 0.3) is 0 Å². The maximum absolute atomic E-state index is 9.84. The van der Waals surface area contributed by atoms with Crippen LogP contribution in [0.25, 0.3) is 5.57 Å². The lowest BCUT2D eigenvalue weighted by Crippen LogP contribution is -2.46. The van der Waals surface area contributed by atoms with E-state index in [1.165, 1.54) is 31.5 Å². The molecule has 3 heteroatoms. The van der Waals surface area contributed by atoms with Crippen molar-refractivity contribution >= 4 is 5.57 Å². The summed E-state index contributed by atoms with van der Waals surface area (Å²) in [5.41, 5.74) is 13.2. The maximum Gasteiger partial charge on any atom is 0.115 e. The van der Waals surface area contributed by atoms with Crippen molar-refractivity contribution < 1.29 is 10.2 Å². The van der Waals surface area contributed by atoms with Gasteiger partial charge in [0.2, 0.25) is 0 Å². The van der Waals surface area contributed by atoms with Gasteiger partial charge in [-0.2, -0.15) is 0 Å². The molecule has 3 nitrogen and oxygen atoms in total. The number of nitrogens with zero attached hydrogens (tertiary/aromatic N) is 1. The Bertz CT molecular complexity index is 1130. The highest BCUT2D eigenvalue weighted by atomic mass is 16.3. The van der Waals surface area contributed by atoms with Gasteiger partial charge in [-0.15, -0.1) is 0 Å². The molecule has 0 bridgehead atoms. The predicted octanol–water partition coefficient (Wildman–Crippen LogP) is 5.33. The summed E-state index contributed by atoms with van der Waals surface area (Å²) in [7, 11) is 0. The molecule has 0 spiro atoms. The average molecular weight is 424 g/mol. The van der Waals surface area contributed by atoms with Crippen molar-refractivity contribution in [3.8, 4) is 5.75 Å². The van der Waals surface area contributed by atoms with Gasteiger partial charge in [-0.3, -0.25) is 4.90 Å². The van der Waals surface area contributed by atoms with Crippen molar-refractivity contribution in [2.24, 2.45) is 0 Å². The third-order valence-corrected chi connectivity index (χ3v) is 6.66. The Kier molecular flexibility index (Phi) is 5.99. The number of aromatic hydroxyl groups is 1. The van der Waals surface area contributed by atoms with E-state index in [0.29, 0.717) is 12.3 Å². The molecule has 0 unspecified atom stereocenters. The van der Waals surface area contributed by atoms with Crippen LogP contribution in [0.1, 0.15) is 48.3 Å². The second-order valence-electron chi connectivity index (χ2n) is 8.94. The fraction of sp³-hybridized carbons (Fsp3) is 0.310. The molecule has 2 aliphatic carbocycles. The van der Waals surface area contributed by atoms with Crippen LogP contribution >= 0.6 is 0 Å². The van der Waals surface area contributed by atoms with E-state index in [-0.39, 0.29) is 12.4 Å². The zero-order valence-corrected chi connectivity index (χ0v) is 18.3. The van der Waals surface area contributed by atoms with E-state index in [1.807, 2.05) is 24.3 Å². The zero-order valence-electron chi connectivity index (χ0n) is 18.3. The highest BCUT2D eigenvalue weighted by Crippen LogP contribution is 2.38. The molecule has 2 aromatic carbocycles. The molecule has 1 aliphatic heterocycles. The first kappa shape index (κ1) is 20.8. The molecule has 2 N–H and O–H groups in total. The van der Waals surface area contributed by atoms with Crippen molar-refractivity contribution in [2.45, 2.75) is 37.6 Å². The number of benzene rings is 2. The SMILES string of the molecule is OCCC/C(C1=C=C=CC=C1)=C(\c1ccc(O)cc1)c1ccc(C2CN(C3CC3)C2)cc1. The Balaban J connectivity index is 1.54. The lowest BCUT2D eigenvalue weighted by atomic mass is 9.85. The minimum atomic E-state index is 0.140. The van der Waals surface area contributed by atoms with Crippen LogP contribution < -0.4 is 0 Å². The number of allylic oxidation sites excluding steroid dienone is 5. The Hall–Kier alpha value is -3.06. The maximum atomic E-state index is 9.84. The van der Waals surface area contributed by atoms with Crippen LogP contribution in [-0.4, -0.2) is 40.9 Å². The van der Waals surface area contributed by atoms with Gasteiger partial charge >= 0.3 is 0 Å². The summed E-state index contributed by atoms with van der Waals surface area (Å²) in [6, 6.07) is 17.2. The molecule has 0 radical (unpaired) electrons. The molecule has 1 saturated carbocycles. The highest BCUT2D eigenvalue weighted by Gasteiger charge is 2.38. The van der Waals surface area contributed by atoms with E-state index < -0.39 is 0 Å². The van der Waals surface area contributed by atoms with E-state index >= 15 is 0 Å². The molecule has 5 rings (SSSR count). The second-order valence-corrected chi connectivity index (χ2v) is 8.94. The first-order valence-electron chi connectivity index (χ1n) is 11.6. The smallest absolute Gasteiger partial charge is 0.115 e. The highest BCUT2D eigenvalue weighted by molar-refractivity contribution is 5.85. The molecule has 0 aromatic heterocycles. The van der Waals surface area contributed by atoms with E-state index in [9.17, 15) is 10.2 Å². The van der Waals surface area contributed by atoms with E-state index in [0.717, 1.165) is 40.3 Å². The quantitative estimate of drug-likeness (QED) is 0.564. The van der Waals surface area contributed by atoms with Crippen molar-refractivity contribution in [2.75, 3.05) is 19.7 Å². The molecule has 32 heavy (non-hydrogen) atoms. The largest absolute Gasteiger partial charge is 0.508 e. The monoisotopic (exact) mass is 423 g/mol. The number of phenolic OH excluding ortho intramolecular Hbond substituents is 1. The predicted molar refractivity (Wildman–Crippen MR) is 128 cm³/mol. The van der Waals surface area contributed by atoms with Crippen LogP contribution in [-0.2, 0) is 0 Å². The van der Waals surface area contributed by atoms with Gasteiger partial charge in [0, 0.05) is 37.2 Å². The number of hydrogen-bond donors (Lipinski definition) is 2. The summed E-state index contributed by atoms with van der Waals surface area (Å²) in [5, 5.41) is 19.4.